The summed E-state index contributed by atoms with van der Waals surface area (Å²) in [5, 5.41) is 3.49. The molecule has 1 aliphatic rings. The molecule has 94 valence electrons. The highest BCUT2D eigenvalue weighted by atomic mass is 35.5. The molecule has 1 heterocycles. The molecule has 0 radical (unpaired) electrons. The summed E-state index contributed by atoms with van der Waals surface area (Å²) in [5.41, 5.74) is 0. The van der Waals surface area contributed by atoms with Gasteiger partial charge < -0.3 is 5.32 Å². The lowest BCUT2D eigenvalue weighted by Crippen LogP contribution is -2.51. The van der Waals surface area contributed by atoms with Gasteiger partial charge in [-0.05, 0) is 19.1 Å². The Morgan fingerprint density at radius 3 is 2.76 bits per heavy atom. The van der Waals surface area contributed by atoms with Gasteiger partial charge in [0, 0.05) is 25.7 Å². The van der Waals surface area contributed by atoms with Crippen molar-refractivity contribution in [3.05, 3.63) is 29.3 Å². The molecule has 0 bridgehead atoms. The third-order valence-electron chi connectivity index (χ3n) is 2.79. The van der Waals surface area contributed by atoms with Gasteiger partial charge in [0.1, 0.15) is 4.90 Å². The molecule has 1 saturated heterocycles. The number of rotatable bonds is 2. The fourth-order valence-corrected chi connectivity index (χ4v) is 3.93. The van der Waals surface area contributed by atoms with E-state index in [4.69, 9.17) is 11.6 Å². The minimum absolute atomic E-state index is 0.168. The third kappa shape index (κ3) is 2.63. The molecule has 0 aliphatic carbocycles. The second kappa shape index (κ2) is 4.94. The largest absolute Gasteiger partial charge is 0.312 e. The monoisotopic (exact) mass is 274 g/mol. The number of hydrogen-bond acceptors (Lipinski definition) is 3. The summed E-state index contributed by atoms with van der Waals surface area (Å²) >= 11 is 5.94. The van der Waals surface area contributed by atoms with E-state index in [1.807, 2.05) is 6.92 Å². The van der Waals surface area contributed by atoms with Crippen LogP contribution in [0.5, 0.6) is 0 Å². The summed E-state index contributed by atoms with van der Waals surface area (Å²) in [6.45, 7) is 3.60. The molecular weight excluding hydrogens is 260 g/mol. The van der Waals surface area contributed by atoms with E-state index in [-0.39, 0.29) is 16.0 Å². The number of benzene rings is 1. The minimum atomic E-state index is -3.46. The maximum Gasteiger partial charge on any atom is 0.244 e. The Morgan fingerprint density at radius 1 is 1.41 bits per heavy atom. The quantitative estimate of drug-likeness (QED) is 0.885. The second-order valence-corrected chi connectivity index (χ2v) is 6.46. The highest BCUT2D eigenvalue weighted by molar-refractivity contribution is 7.89. The normalized spacial score (nSPS) is 22.6. The lowest BCUT2D eigenvalue weighted by molar-refractivity contribution is 0.310. The van der Waals surface area contributed by atoms with E-state index < -0.39 is 10.0 Å². The predicted octanol–water partition coefficient (Wildman–Crippen LogP) is 1.32. The minimum Gasteiger partial charge on any atom is -0.312 e. The molecule has 2 rings (SSSR count). The van der Waals surface area contributed by atoms with Gasteiger partial charge in [0.25, 0.3) is 0 Å². The fourth-order valence-electron chi connectivity index (χ4n) is 1.91. The lowest BCUT2D eigenvalue weighted by Gasteiger charge is -2.31. The molecule has 17 heavy (non-hydrogen) atoms. The van der Waals surface area contributed by atoms with Crippen LogP contribution in [-0.2, 0) is 10.0 Å². The van der Waals surface area contributed by atoms with Gasteiger partial charge in [0.05, 0.1) is 5.02 Å². The van der Waals surface area contributed by atoms with Crippen LogP contribution in [0.1, 0.15) is 6.92 Å². The molecule has 0 unspecified atom stereocenters. The Hall–Kier alpha value is -0.620. The topological polar surface area (TPSA) is 49.4 Å². The summed E-state index contributed by atoms with van der Waals surface area (Å²) < 4.78 is 26.2. The van der Waals surface area contributed by atoms with Crippen LogP contribution in [0.4, 0.5) is 0 Å². The highest BCUT2D eigenvalue weighted by Crippen LogP contribution is 2.24. The first kappa shape index (κ1) is 12.8. The summed E-state index contributed by atoms with van der Waals surface area (Å²) in [7, 11) is -3.46. The van der Waals surface area contributed by atoms with Crippen molar-refractivity contribution in [1.82, 2.24) is 9.62 Å². The molecule has 4 nitrogen and oxygen atoms in total. The van der Waals surface area contributed by atoms with Crippen LogP contribution in [0.25, 0.3) is 0 Å². The average Bonchev–Trinajstić information content (AvgIpc) is 2.29. The van der Waals surface area contributed by atoms with E-state index in [0.717, 1.165) is 0 Å². The fraction of sp³-hybridized carbons (Fsp3) is 0.455. The maximum absolute atomic E-state index is 12.4. The van der Waals surface area contributed by atoms with Crippen molar-refractivity contribution in [3.63, 3.8) is 0 Å². The van der Waals surface area contributed by atoms with Gasteiger partial charge in [-0.2, -0.15) is 4.31 Å². The van der Waals surface area contributed by atoms with Crippen LogP contribution in [-0.4, -0.2) is 38.4 Å². The third-order valence-corrected chi connectivity index (χ3v) is 5.15. The molecular formula is C11H15ClN2O2S. The summed E-state index contributed by atoms with van der Waals surface area (Å²) in [4.78, 5) is 0.191. The second-order valence-electron chi connectivity index (χ2n) is 4.15. The Balaban J connectivity index is 2.33. The number of nitrogens with one attached hydrogen (secondary N) is 1. The molecule has 1 fully saturated rings. The number of hydrogen-bond donors (Lipinski definition) is 1. The molecule has 0 spiro atoms. The van der Waals surface area contributed by atoms with E-state index in [2.05, 4.69) is 5.32 Å². The zero-order valence-electron chi connectivity index (χ0n) is 9.56. The van der Waals surface area contributed by atoms with Gasteiger partial charge in [-0.1, -0.05) is 23.7 Å². The van der Waals surface area contributed by atoms with E-state index >= 15 is 0 Å². The molecule has 1 atom stereocenters. The van der Waals surface area contributed by atoms with Crippen LogP contribution in [0.15, 0.2) is 29.2 Å². The summed E-state index contributed by atoms with van der Waals surface area (Å²) in [6.07, 6.45) is 0. The Labute approximate surface area is 107 Å². The molecule has 0 amide bonds. The number of nitrogens with zero attached hydrogens (tertiary/aromatic N) is 1. The highest BCUT2D eigenvalue weighted by Gasteiger charge is 2.29. The maximum atomic E-state index is 12.4. The van der Waals surface area contributed by atoms with Gasteiger partial charge in [0.2, 0.25) is 10.0 Å². The van der Waals surface area contributed by atoms with Gasteiger partial charge in [-0.25, -0.2) is 8.42 Å². The number of halogens is 1. The standard InChI is InChI=1S/C11H15ClN2O2S/c1-9-8-14(7-6-13-9)17(15,16)11-5-3-2-4-10(11)12/h2-5,9,13H,6-8H2,1H3/t9-/m0/s1. The van der Waals surface area contributed by atoms with E-state index in [0.29, 0.717) is 19.6 Å². The van der Waals surface area contributed by atoms with Gasteiger partial charge >= 0.3 is 0 Å². The average molecular weight is 275 g/mol. The van der Waals surface area contributed by atoms with Crippen molar-refractivity contribution < 1.29 is 8.42 Å². The van der Waals surface area contributed by atoms with Crippen molar-refractivity contribution >= 4 is 21.6 Å². The van der Waals surface area contributed by atoms with Gasteiger partial charge in [-0.15, -0.1) is 0 Å². The van der Waals surface area contributed by atoms with Crippen LogP contribution in [0.2, 0.25) is 5.02 Å². The van der Waals surface area contributed by atoms with Crippen molar-refractivity contribution in [1.29, 1.82) is 0 Å². The molecule has 0 aromatic heterocycles. The molecule has 0 saturated carbocycles. The summed E-state index contributed by atoms with van der Waals surface area (Å²) in [6, 6.07) is 6.72. The van der Waals surface area contributed by atoms with Crippen LogP contribution < -0.4 is 5.32 Å². The molecule has 1 aromatic carbocycles. The Kier molecular flexibility index (Phi) is 3.73. The first-order chi connectivity index (χ1) is 8.01. The van der Waals surface area contributed by atoms with Crippen LogP contribution in [0, 0.1) is 0 Å². The molecule has 6 heteroatoms. The van der Waals surface area contributed by atoms with Crippen molar-refractivity contribution in [2.24, 2.45) is 0 Å². The Bertz CT molecular complexity index is 504. The van der Waals surface area contributed by atoms with Crippen molar-refractivity contribution in [3.8, 4) is 0 Å². The first-order valence-electron chi connectivity index (χ1n) is 5.50. The van der Waals surface area contributed by atoms with E-state index in [1.54, 1.807) is 24.3 Å². The SMILES string of the molecule is C[C@H]1CN(S(=O)(=O)c2ccccc2Cl)CCN1. The zero-order valence-corrected chi connectivity index (χ0v) is 11.1. The van der Waals surface area contributed by atoms with E-state index in [1.165, 1.54) is 4.31 Å². The lowest BCUT2D eigenvalue weighted by atomic mass is 10.3. The van der Waals surface area contributed by atoms with Crippen LogP contribution >= 0.6 is 11.6 Å². The zero-order chi connectivity index (χ0) is 12.5. The smallest absolute Gasteiger partial charge is 0.244 e. The predicted molar refractivity (Wildman–Crippen MR) is 67.7 cm³/mol. The summed E-state index contributed by atoms with van der Waals surface area (Å²) in [5.74, 6) is 0. The molecule has 1 aliphatic heterocycles. The van der Waals surface area contributed by atoms with Crippen molar-refractivity contribution in [2.45, 2.75) is 17.9 Å². The van der Waals surface area contributed by atoms with Crippen molar-refractivity contribution in [2.75, 3.05) is 19.6 Å². The van der Waals surface area contributed by atoms with Gasteiger partial charge in [-0.3, -0.25) is 0 Å². The molecule has 1 N–H and O–H groups in total. The first-order valence-corrected chi connectivity index (χ1v) is 7.31. The van der Waals surface area contributed by atoms with Crippen LogP contribution in [0.3, 0.4) is 0 Å². The van der Waals surface area contributed by atoms with E-state index in [9.17, 15) is 8.42 Å². The Morgan fingerprint density at radius 2 is 2.12 bits per heavy atom. The molecule has 1 aromatic rings. The number of sulfonamides is 1. The number of piperazine rings is 1. The van der Waals surface area contributed by atoms with Gasteiger partial charge in [0.15, 0.2) is 0 Å².